The van der Waals surface area contributed by atoms with Crippen molar-refractivity contribution in [3.05, 3.63) is 39.7 Å². The van der Waals surface area contributed by atoms with Crippen molar-refractivity contribution in [1.82, 2.24) is 10.3 Å². The van der Waals surface area contributed by atoms with Crippen molar-refractivity contribution in [2.45, 2.75) is 58.4 Å². The molecule has 3 heteroatoms. The highest BCUT2D eigenvalue weighted by Crippen LogP contribution is 2.28. The smallest absolute Gasteiger partial charge is 0.0945 e. The van der Waals surface area contributed by atoms with Crippen LogP contribution in [0.1, 0.15) is 49.7 Å². The van der Waals surface area contributed by atoms with Gasteiger partial charge in [0.25, 0.3) is 0 Å². The maximum Gasteiger partial charge on any atom is 0.0945 e. The summed E-state index contributed by atoms with van der Waals surface area (Å²) in [5.41, 5.74) is 5.68. The Kier molecular flexibility index (Phi) is 4.65. The van der Waals surface area contributed by atoms with Gasteiger partial charge in [0.2, 0.25) is 0 Å². The van der Waals surface area contributed by atoms with Crippen LogP contribution in [0.2, 0.25) is 0 Å². The first-order valence-electron chi connectivity index (χ1n) is 8.33. The van der Waals surface area contributed by atoms with Gasteiger partial charge in [0.05, 0.1) is 10.7 Å². The second kappa shape index (κ2) is 6.51. The molecule has 0 saturated carbocycles. The molecule has 118 valence electrons. The topological polar surface area (TPSA) is 24.9 Å². The average Bonchev–Trinajstić information content (AvgIpc) is 2.94. The first-order valence-corrected chi connectivity index (χ1v) is 9.21. The number of nitrogens with one attached hydrogen (secondary N) is 1. The van der Waals surface area contributed by atoms with E-state index in [0.717, 1.165) is 18.7 Å². The maximum absolute atomic E-state index is 4.83. The molecule has 2 aromatic rings. The zero-order valence-electron chi connectivity index (χ0n) is 13.9. The van der Waals surface area contributed by atoms with Gasteiger partial charge in [-0.1, -0.05) is 12.1 Å². The lowest BCUT2D eigenvalue weighted by atomic mass is 9.90. The summed E-state index contributed by atoms with van der Waals surface area (Å²) < 4.78 is 0. The molecule has 0 radical (unpaired) electrons. The van der Waals surface area contributed by atoms with Crippen LogP contribution < -0.4 is 5.32 Å². The number of benzene rings is 1. The molecule has 1 aromatic heterocycles. The fourth-order valence-electron chi connectivity index (χ4n) is 3.00. The lowest BCUT2D eigenvalue weighted by Crippen LogP contribution is -2.37. The summed E-state index contributed by atoms with van der Waals surface area (Å²) in [6.07, 6.45) is 6.16. The Balaban J connectivity index is 1.68. The number of fused-ring (bicyclic) bond motifs is 1. The number of aromatic nitrogens is 1. The number of thiazole rings is 1. The molecule has 0 atom stereocenters. The molecule has 0 saturated heterocycles. The lowest BCUT2D eigenvalue weighted by molar-refractivity contribution is 0.429. The molecular formula is C19H26N2S. The molecular weight excluding hydrogens is 288 g/mol. The van der Waals surface area contributed by atoms with Crippen LogP contribution in [0.3, 0.4) is 0 Å². The zero-order chi connectivity index (χ0) is 15.6. The van der Waals surface area contributed by atoms with Crippen molar-refractivity contribution in [3.8, 4) is 11.3 Å². The highest BCUT2D eigenvalue weighted by Gasteiger charge is 2.12. The Labute approximate surface area is 138 Å². The van der Waals surface area contributed by atoms with Gasteiger partial charge in [0, 0.05) is 29.4 Å². The van der Waals surface area contributed by atoms with E-state index in [-0.39, 0.29) is 5.54 Å². The van der Waals surface area contributed by atoms with Crippen molar-refractivity contribution in [2.24, 2.45) is 0 Å². The Morgan fingerprint density at radius 2 is 1.91 bits per heavy atom. The van der Waals surface area contributed by atoms with Crippen molar-refractivity contribution in [3.63, 3.8) is 0 Å². The molecule has 1 aliphatic rings. The van der Waals surface area contributed by atoms with Gasteiger partial charge in [0.15, 0.2) is 0 Å². The van der Waals surface area contributed by atoms with Crippen LogP contribution in [-0.2, 0) is 19.3 Å². The number of hydrogen-bond donors (Lipinski definition) is 1. The monoisotopic (exact) mass is 314 g/mol. The van der Waals surface area contributed by atoms with E-state index in [1.165, 1.54) is 41.8 Å². The van der Waals surface area contributed by atoms with E-state index in [2.05, 4.69) is 49.7 Å². The van der Waals surface area contributed by atoms with Crippen LogP contribution in [0.5, 0.6) is 0 Å². The molecule has 1 aromatic carbocycles. The van der Waals surface area contributed by atoms with Gasteiger partial charge in [-0.25, -0.2) is 4.98 Å². The van der Waals surface area contributed by atoms with E-state index >= 15 is 0 Å². The Bertz CT molecular complexity index is 637. The maximum atomic E-state index is 4.83. The van der Waals surface area contributed by atoms with Gasteiger partial charge in [-0.2, -0.15) is 0 Å². The highest BCUT2D eigenvalue weighted by atomic mass is 32.1. The molecule has 0 spiro atoms. The Morgan fingerprint density at radius 1 is 1.14 bits per heavy atom. The molecule has 3 rings (SSSR count). The molecule has 0 amide bonds. The van der Waals surface area contributed by atoms with Gasteiger partial charge >= 0.3 is 0 Å². The Morgan fingerprint density at radius 3 is 2.68 bits per heavy atom. The molecule has 0 fully saturated rings. The SMILES string of the molecule is CC(C)(C)NCCc1nc(-c2ccc3c(c2)CCCC3)cs1. The van der Waals surface area contributed by atoms with Crippen LogP contribution in [0.25, 0.3) is 11.3 Å². The summed E-state index contributed by atoms with van der Waals surface area (Å²) in [6.45, 7) is 7.59. The normalized spacial score (nSPS) is 14.9. The van der Waals surface area contributed by atoms with Crippen molar-refractivity contribution >= 4 is 11.3 Å². The van der Waals surface area contributed by atoms with Crippen molar-refractivity contribution in [2.75, 3.05) is 6.54 Å². The van der Waals surface area contributed by atoms with E-state index in [0.29, 0.717) is 0 Å². The largest absolute Gasteiger partial charge is 0.312 e. The number of hydrogen-bond acceptors (Lipinski definition) is 3. The molecule has 0 unspecified atom stereocenters. The number of rotatable bonds is 4. The summed E-state index contributed by atoms with van der Waals surface area (Å²) in [5, 5.41) is 6.96. The first kappa shape index (κ1) is 15.7. The van der Waals surface area contributed by atoms with E-state index in [1.807, 2.05) is 0 Å². The minimum atomic E-state index is 0.179. The molecule has 1 N–H and O–H groups in total. The third-order valence-corrected chi connectivity index (χ3v) is 5.10. The third kappa shape index (κ3) is 3.96. The predicted octanol–water partition coefficient (Wildman–Crippen LogP) is 4.62. The summed E-state index contributed by atoms with van der Waals surface area (Å²) in [6, 6.07) is 6.92. The molecule has 1 heterocycles. The molecule has 1 aliphatic carbocycles. The van der Waals surface area contributed by atoms with Crippen LogP contribution in [0.4, 0.5) is 0 Å². The van der Waals surface area contributed by atoms with E-state index in [9.17, 15) is 0 Å². The second-order valence-electron chi connectivity index (χ2n) is 7.24. The minimum absolute atomic E-state index is 0.179. The van der Waals surface area contributed by atoms with Crippen molar-refractivity contribution < 1.29 is 0 Å². The summed E-state index contributed by atoms with van der Waals surface area (Å²) in [4.78, 5) is 4.83. The van der Waals surface area contributed by atoms with Crippen LogP contribution >= 0.6 is 11.3 Å². The highest BCUT2D eigenvalue weighted by molar-refractivity contribution is 7.09. The quantitative estimate of drug-likeness (QED) is 0.890. The lowest BCUT2D eigenvalue weighted by Gasteiger charge is -2.19. The van der Waals surface area contributed by atoms with E-state index in [1.54, 1.807) is 16.9 Å². The third-order valence-electron chi connectivity index (χ3n) is 4.19. The standard InChI is InChI=1S/C19H26N2S/c1-19(2,3)20-11-10-18-21-17(13-22-18)16-9-8-14-6-4-5-7-15(14)12-16/h8-9,12-13,20H,4-7,10-11H2,1-3H3. The van der Waals surface area contributed by atoms with Gasteiger partial charge in [0.1, 0.15) is 0 Å². The zero-order valence-corrected chi connectivity index (χ0v) is 14.7. The van der Waals surface area contributed by atoms with Gasteiger partial charge in [-0.15, -0.1) is 11.3 Å². The number of nitrogens with zero attached hydrogens (tertiary/aromatic N) is 1. The second-order valence-corrected chi connectivity index (χ2v) is 8.19. The first-order chi connectivity index (χ1) is 10.5. The van der Waals surface area contributed by atoms with Gasteiger partial charge < -0.3 is 5.32 Å². The van der Waals surface area contributed by atoms with Crippen molar-refractivity contribution in [1.29, 1.82) is 0 Å². The Hall–Kier alpha value is -1.19. The minimum Gasteiger partial charge on any atom is -0.312 e. The molecule has 22 heavy (non-hydrogen) atoms. The summed E-state index contributed by atoms with van der Waals surface area (Å²) >= 11 is 1.78. The van der Waals surface area contributed by atoms with Gasteiger partial charge in [-0.3, -0.25) is 0 Å². The fourth-order valence-corrected chi connectivity index (χ4v) is 3.80. The summed E-state index contributed by atoms with van der Waals surface area (Å²) in [5.74, 6) is 0. The summed E-state index contributed by atoms with van der Waals surface area (Å²) in [7, 11) is 0. The average molecular weight is 314 g/mol. The molecule has 2 nitrogen and oxygen atoms in total. The van der Waals surface area contributed by atoms with E-state index in [4.69, 9.17) is 4.98 Å². The van der Waals surface area contributed by atoms with Gasteiger partial charge in [-0.05, 0) is 63.6 Å². The molecule has 0 bridgehead atoms. The van der Waals surface area contributed by atoms with Crippen LogP contribution in [0.15, 0.2) is 23.6 Å². The predicted molar refractivity (Wildman–Crippen MR) is 95.7 cm³/mol. The fraction of sp³-hybridized carbons (Fsp3) is 0.526. The van der Waals surface area contributed by atoms with E-state index < -0.39 is 0 Å². The van der Waals surface area contributed by atoms with Crippen LogP contribution in [0, 0.1) is 0 Å². The van der Waals surface area contributed by atoms with Crippen LogP contribution in [-0.4, -0.2) is 17.1 Å². The number of aryl methyl sites for hydroxylation is 2. The molecule has 0 aliphatic heterocycles.